The van der Waals surface area contributed by atoms with Crippen LogP contribution in [-0.4, -0.2) is 78.3 Å². The molecule has 1 aromatic carbocycles. The average molecular weight is 393 g/mol. The zero-order valence-electron chi connectivity index (χ0n) is 17.3. The van der Waals surface area contributed by atoms with Crippen molar-refractivity contribution in [1.29, 1.82) is 0 Å². The molecule has 6 heteroatoms. The summed E-state index contributed by atoms with van der Waals surface area (Å²) in [4.78, 5) is 36.4. The largest absolute Gasteiger partial charge is 0.338 e. The van der Waals surface area contributed by atoms with Crippen molar-refractivity contribution in [3.8, 4) is 0 Å². The molecule has 1 aromatic heterocycles. The molecule has 3 heterocycles. The fourth-order valence-electron chi connectivity index (χ4n) is 4.88. The number of pyridine rings is 1. The van der Waals surface area contributed by atoms with Crippen LogP contribution in [0.4, 0.5) is 0 Å². The Kier molecular flexibility index (Phi) is 5.13. The van der Waals surface area contributed by atoms with E-state index in [4.69, 9.17) is 0 Å². The predicted molar refractivity (Wildman–Crippen MR) is 112 cm³/mol. The Balaban J connectivity index is 1.53. The first-order chi connectivity index (χ1) is 13.9. The van der Waals surface area contributed by atoms with Gasteiger partial charge in [-0.2, -0.15) is 0 Å². The van der Waals surface area contributed by atoms with Crippen molar-refractivity contribution in [3.63, 3.8) is 0 Å². The van der Waals surface area contributed by atoms with Crippen molar-refractivity contribution < 1.29 is 9.59 Å². The highest BCUT2D eigenvalue weighted by molar-refractivity contribution is 5.95. The maximum Gasteiger partial charge on any atom is 0.255 e. The Morgan fingerprint density at radius 2 is 1.62 bits per heavy atom. The Hall–Kier alpha value is -2.73. The molecule has 0 N–H and O–H groups in total. The minimum Gasteiger partial charge on any atom is -0.338 e. The molecule has 2 fully saturated rings. The number of likely N-dealkylation sites (tertiary alicyclic amines) is 2. The molecule has 4 rings (SSSR count). The molecule has 152 valence electrons. The van der Waals surface area contributed by atoms with Gasteiger partial charge >= 0.3 is 0 Å². The molecule has 2 saturated heterocycles. The van der Waals surface area contributed by atoms with E-state index in [2.05, 4.69) is 24.0 Å². The minimum absolute atomic E-state index is 0.0333. The van der Waals surface area contributed by atoms with E-state index < -0.39 is 0 Å². The van der Waals surface area contributed by atoms with E-state index in [0.717, 1.165) is 17.8 Å². The summed E-state index contributed by atoms with van der Waals surface area (Å²) in [7, 11) is 4.11. The van der Waals surface area contributed by atoms with E-state index in [0.29, 0.717) is 31.7 Å². The summed E-state index contributed by atoms with van der Waals surface area (Å²) in [6.07, 6.45) is 1.66. The van der Waals surface area contributed by atoms with Gasteiger partial charge < -0.3 is 14.7 Å². The summed E-state index contributed by atoms with van der Waals surface area (Å²) in [6.45, 7) is 5.49. The zero-order chi connectivity index (χ0) is 20.6. The van der Waals surface area contributed by atoms with E-state index in [9.17, 15) is 9.59 Å². The first kappa shape index (κ1) is 19.6. The number of hydrogen-bond donors (Lipinski definition) is 0. The highest BCUT2D eigenvalue weighted by Gasteiger charge is 2.54. The van der Waals surface area contributed by atoms with Gasteiger partial charge in [0.1, 0.15) is 0 Å². The van der Waals surface area contributed by atoms with Crippen molar-refractivity contribution in [2.45, 2.75) is 6.92 Å². The number of fused-ring (bicyclic) bond motifs is 1. The SMILES string of the molecule is Cc1ccc(C(=O)N2C[C@H]3CN(C(=O)c4ccccc4)C[C@@]3(CN(C)C)C2)cn1. The number of rotatable bonds is 4. The third-order valence-corrected chi connectivity index (χ3v) is 6.14. The van der Waals surface area contributed by atoms with Crippen LogP contribution in [0.3, 0.4) is 0 Å². The summed E-state index contributed by atoms with van der Waals surface area (Å²) in [5.74, 6) is 0.393. The molecule has 0 spiro atoms. The highest BCUT2D eigenvalue weighted by atomic mass is 16.2. The van der Waals surface area contributed by atoms with Gasteiger partial charge in [-0.05, 0) is 45.3 Å². The van der Waals surface area contributed by atoms with Gasteiger partial charge in [-0.25, -0.2) is 0 Å². The van der Waals surface area contributed by atoms with Crippen LogP contribution < -0.4 is 0 Å². The first-order valence-electron chi connectivity index (χ1n) is 10.1. The Morgan fingerprint density at radius 1 is 1.00 bits per heavy atom. The molecule has 0 bridgehead atoms. The molecule has 2 aromatic rings. The fraction of sp³-hybridized carbons (Fsp3) is 0.435. The lowest BCUT2D eigenvalue weighted by Crippen LogP contribution is -2.43. The smallest absolute Gasteiger partial charge is 0.255 e. The third kappa shape index (κ3) is 3.77. The number of amides is 2. The lowest BCUT2D eigenvalue weighted by Gasteiger charge is -2.32. The number of nitrogens with zero attached hydrogens (tertiary/aromatic N) is 4. The van der Waals surface area contributed by atoms with Gasteiger partial charge in [-0.1, -0.05) is 18.2 Å². The quantitative estimate of drug-likeness (QED) is 0.800. The number of carbonyl (C=O) groups is 2. The number of aromatic nitrogens is 1. The van der Waals surface area contributed by atoms with Crippen LogP contribution in [0.2, 0.25) is 0 Å². The Morgan fingerprint density at radius 3 is 2.17 bits per heavy atom. The summed E-state index contributed by atoms with van der Waals surface area (Å²) in [5.41, 5.74) is 2.17. The van der Waals surface area contributed by atoms with E-state index >= 15 is 0 Å². The fourth-order valence-corrected chi connectivity index (χ4v) is 4.88. The third-order valence-electron chi connectivity index (χ3n) is 6.14. The van der Waals surface area contributed by atoms with Gasteiger partial charge in [0.15, 0.2) is 0 Å². The molecule has 29 heavy (non-hydrogen) atoms. The molecule has 6 nitrogen and oxygen atoms in total. The number of carbonyl (C=O) groups excluding carboxylic acids is 2. The van der Waals surface area contributed by atoms with Crippen LogP contribution in [0, 0.1) is 18.3 Å². The maximum absolute atomic E-state index is 13.0. The summed E-state index contributed by atoms with van der Waals surface area (Å²) in [6, 6.07) is 13.2. The van der Waals surface area contributed by atoms with Gasteiger partial charge in [-0.15, -0.1) is 0 Å². The second-order valence-corrected chi connectivity index (χ2v) is 8.72. The van der Waals surface area contributed by atoms with Crippen LogP contribution in [0.25, 0.3) is 0 Å². The van der Waals surface area contributed by atoms with Crippen molar-refractivity contribution in [3.05, 3.63) is 65.5 Å². The topological polar surface area (TPSA) is 56.8 Å². The van der Waals surface area contributed by atoms with E-state index in [1.807, 2.05) is 59.2 Å². The summed E-state index contributed by atoms with van der Waals surface area (Å²) in [5, 5.41) is 0. The second kappa shape index (κ2) is 7.59. The van der Waals surface area contributed by atoms with Crippen LogP contribution in [0.15, 0.2) is 48.7 Å². The second-order valence-electron chi connectivity index (χ2n) is 8.72. The molecule has 2 amide bonds. The molecule has 0 unspecified atom stereocenters. The molecule has 2 aliphatic heterocycles. The minimum atomic E-state index is -0.0955. The standard InChI is InChI=1S/C23H28N4O2/c1-17-9-10-19(11-24-17)22(29)27-13-20-12-26(15-23(20,16-27)14-25(2)3)21(28)18-7-5-4-6-8-18/h4-11,20H,12-16H2,1-3H3/t20-,23+/m1/s1. The zero-order valence-corrected chi connectivity index (χ0v) is 17.3. The summed E-state index contributed by atoms with van der Waals surface area (Å²) < 4.78 is 0. The molecule has 2 aliphatic rings. The molecular formula is C23H28N4O2. The van der Waals surface area contributed by atoms with E-state index in [1.165, 1.54) is 0 Å². The van der Waals surface area contributed by atoms with Crippen LogP contribution in [-0.2, 0) is 0 Å². The lowest BCUT2D eigenvalue weighted by atomic mass is 9.80. The van der Waals surface area contributed by atoms with Crippen molar-refractivity contribution >= 4 is 11.8 Å². The number of benzene rings is 1. The monoisotopic (exact) mass is 392 g/mol. The first-order valence-corrected chi connectivity index (χ1v) is 10.1. The van der Waals surface area contributed by atoms with Crippen LogP contribution >= 0.6 is 0 Å². The molecule has 0 aliphatic carbocycles. The maximum atomic E-state index is 13.0. The van der Waals surface area contributed by atoms with Crippen molar-refractivity contribution in [1.82, 2.24) is 19.7 Å². The Labute approximate surface area is 172 Å². The Bertz CT molecular complexity index is 897. The molecular weight excluding hydrogens is 364 g/mol. The van der Waals surface area contributed by atoms with Gasteiger partial charge in [0.2, 0.25) is 0 Å². The van der Waals surface area contributed by atoms with E-state index in [-0.39, 0.29) is 23.1 Å². The highest BCUT2D eigenvalue weighted by Crippen LogP contribution is 2.43. The number of aryl methyl sites for hydroxylation is 1. The van der Waals surface area contributed by atoms with Crippen molar-refractivity contribution in [2.24, 2.45) is 11.3 Å². The predicted octanol–water partition coefficient (Wildman–Crippen LogP) is 2.17. The summed E-state index contributed by atoms with van der Waals surface area (Å²) >= 11 is 0. The average Bonchev–Trinajstić information content (AvgIpc) is 3.21. The van der Waals surface area contributed by atoms with Gasteiger partial charge in [0, 0.05) is 61.5 Å². The van der Waals surface area contributed by atoms with Gasteiger partial charge in [0.25, 0.3) is 11.8 Å². The van der Waals surface area contributed by atoms with Crippen LogP contribution in [0.1, 0.15) is 26.4 Å². The normalized spacial score (nSPS) is 23.5. The lowest BCUT2D eigenvalue weighted by molar-refractivity contribution is 0.0701. The van der Waals surface area contributed by atoms with Crippen molar-refractivity contribution in [2.75, 3.05) is 46.8 Å². The molecule has 2 atom stereocenters. The van der Waals surface area contributed by atoms with Crippen LogP contribution in [0.5, 0.6) is 0 Å². The molecule has 0 radical (unpaired) electrons. The van der Waals surface area contributed by atoms with Gasteiger partial charge in [-0.3, -0.25) is 14.6 Å². The van der Waals surface area contributed by atoms with Gasteiger partial charge in [0.05, 0.1) is 5.56 Å². The molecule has 0 saturated carbocycles. The number of hydrogen-bond acceptors (Lipinski definition) is 4. The van der Waals surface area contributed by atoms with E-state index in [1.54, 1.807) is 6.20 Å².